The van der Waals surface area contributed by atoms with Crippen LogP contribution in [0.25, 0.3) is 17.4 Å². The molecule has 2 N–H and O–H groups in total. The van der Waals surface area contributed by atoms with Gasteiger partial charge in [-0.25, -0.2) is 4.98 Å². The average Bonchev–Trinajstić information content (AvgIpc) is 3.43. The Morgan fingerprint density at radius 3 is 2.81 bits per heavy atom. The molecule has 4 rings (SSSR count). The van der Waals surface area contributed by atoms with Gasteiger partial charge in [0.2, 0.25) is 5.95 Å². The van der Waals surface area contributed by atoms with E-state index in [0.717, 1.165) is 0 Å². The van der Waals surface area contributed by atoms with Crippen molar-refractivity contribution in [2.75, 3.05) is 5.32 Å². The Morgan fingerprint density at radius 2 is 2.10 bits per heavy atom. The number of anilines is 1. The molecular weight excluding hydrogens is 404 g/mol. The lowest BCUT2D eigenvalue weighted by molar-refractivity contribution is -0.384. The third-order valence-corrected chi connectivity index (χ3v) is 4.39. The summed E-state index contributed by atoms with van der Waals surface area (Å²) in [6, 6.07) is 11.6. The number of H-pyrrole nitrogens is 1. The van der Waals surface area contributed by atoms with Crippen LogP contribution < -0.4 is 10.9 Å². The molecule has 0 aliphatic carbocycles. The Labute approximate surface area is 174 Å². The molecular formula is C20H16N6O5. The zero-order valence-electron chi connectivity index (χ0n) is 16.2. The van der Waals surface area contributed by atoms with E-state index in [0.29, 0.717) is 23.6 Å². The van der Waals surface area contributed by atoms with Crippen molar-refractivity contribution in [2.24, 2.45) is 0 Å². The van der Waals surface area contributed by atoms with Crippen LogP contribution in [0.2, 0.25) is 0 Å². The summed E-state index contributed by atoms with van der Waals surface area (Å²) in [6.45, 7) is 1.86. The second kappa shape index (κ2) is 8.06. The number of aryl methyl sites for hydroxylation is 1. The standard InChI is InChI=1S/C20H16N6O5/c1-2-13-10-18(27)23-20(21-13)25-17(11-15(24-25)16-7-4-8-31-16)22-19(28)12-5-3-6-14(9-12)26(29)30/h3-11H,2H2,1H3,(H,22,28)(H,21,23,27). The van der Waals surface area contributed by atoms with Gasteiger partial charge < -0.3 is 9.73 Å². The smallest absolute Gasteiger partial charge is 0.270 e. The number of aromatic amines is 1. The van der Waals surface area contributed by atoms with Crippen LogP contribution in [-0.2, 0) is 6.42 Å². The van der Waals surface area contributed by atoms with Crippen molar-refractivity contribution < 1.29 is 14.1 Å². The topological polar surface area (TPSA) is 149 Å². The van der Waals surface area contributed by atoms with E-state index < -0.39 is 10.8 Å². The van der Waals surface area contributed by atoms with Crippen LogP contribution in [0.15, 0.2) is 64.0 Å². The zero-order chi connectivity index (χ0) is 22.0. The van der Waals surface area contributed by atoms with Crippen molar-refractivity contribution in [3.05, 3.63) is 86.5 Å². The Bertz CT molecular complexity index is 1320. The second-order valence-corrected chi connectivity index (χ2v) is 6.48. The van der Waals surface area contributed by atoms with E-state index in [2.05, 4.69) is 20.4 Å². The molecule has 0 aliphatic heterocycles. The van der Waals surface area contributed by atoms with E-state index in [-0.39, 0.29) is 28.6 Å². The van der Waals surface area contributed by atoms with Crippen molar-refractivity contribution >= 4 is 17.4 Å². The van der Waals surface area contributed by atoms with Gasteiger partial charge >= 0.3 is 0 Å². The highest BCUT2D eigenvalue weighted by Crippen LogP contribution is 2.25. The van der Waals surface area contributed by atoms with E-state index >= 15 is 0 Å². The lowest BCUT2D eigenvalue weighted by atomic mass is 10.2. The Morgan fingerprint density at radius 1 is 1.26 bits per heavy atom. The predicted octanol–water partition coefficient (Wildman–Crippen LogP) is 2.94. The van der Waals surface area contributed by atoms with E-state index in [9.17, 15) is 19.7 Å². The molecule has 11 nitrogen and oxygen atoms in total. The van der Waals surface area contributed by atoms with Gasteiger partial charge in [-0.1, -0.05) is 13.0 Å². The molecule has 31 heavy (non-hydrogen) atoms. The summed E-state index contributed by atoms with van der Waals surface area (Å²) in [5.41, 5.74) is 0.450. The number of amides is 1. The number of nitrogens with one attached hydrogen (secondary N) is 2. The molecule has 0 radical (unpaired) electrons. The van der Waals surface area contributed by atoms with Gasteiger partial charge in [-0.3, -0.25) is 24.7 Å². The molecule has 0 fully saturated rings. The summed E-state index contributed by atoms with van der Waals surface area (Å²) in [5.74, 6) is 0.152. The number of nitro groups is 1. The highest BCUT2D eigenvalue weighted by molar-refractivity contribution is 6.04. The van der Waals surface area contributed by atoms with E-state index in [1.165, 1.54) is 41.3 Å². The third-order valence-electron chi connectivity index (χ3n) is 4.39. The second-order valence-electron chi connectivity index (χ2n) is 6.48. The van der Waals surface area contributed by atoms with Crippen LogP contribution in [0.1, 0.15) is 23.0 Å². The van der Waals surface area contributed by atoms with Crippen LogP contribution >= 0.6 is 0 Å². The van der Waals surface area contributed by atoms with Crippen LogP contribution in [0.4, 0.5) is 11.5 Å². The highest BCUT2D eigenvalue weighted by Gasteiger charge is 2.19. The quantitative estimate of drug-likeness (QED) is 0.360. The number of benzene rings is 1. The summed E-state index contributed by atoms with van der Waals surface area (Å²) < 4.78 is 6.64. The fraction of sp³-hybridized carbons (Fsp3) is 0.100. The Kier molecular flexibility index (Phi) is 5.14. The number of hydrogen-bond acceptors (Lipinski definition) is 7. The largest absolute Gasteiger partial charge is 0.463 e. The van der Waals surface area contributed by atoms with Gasteiger partial charge in [0.1, 0.15) is 11.5 Å². The van der Waals surface area contributed by atoms with Crippen molar-refractivity contribution in [3.8, 4) is 17.4 Å². The number of carbonyl (C=O) groups is 1. The SMILES string of the molecule is CCc1cc(=O)[nH]c(-n2nc(-c3ccco3)cc2NC(=O)c2cccc([N+](=O)[O-])c2)n1. The van der Waals surface area contributed by atoms with Gasteiger partial charge in [0.25, 0.3) is 17.2 Å². The Hall–Kier alpha value is -4.54. The minimum Gasteiger partial charge on any atom is -0.463 e. The number of nitrogens with zero attached hydrogens (tertiary/aromatic N) is 4. The van der Waals surface area contributed by atoms with Gasteiger partial charge in [-0.15, -0.1) is 0 Å². The molecule has 0 saturated heterocycles. The number of nitro benzene ring substituents is 1. The maximum absolute atomic E-state index is 12.8. The number of rotatable bonds is 6. The number of non-ortho nitro benzene ring substituents is 1. The van der Waals surface area contributed by atoms with Crippen molar-refractivity contribution in [3.63, 3.8) is 0 Å². The minimum atomic E-state index is -0.593. The third kappa shape index (κ3) is 4.10. The summed E-state index contributed by atoms with van der Waals surface area (Å²) >= 11 is 0. The number of furan rings is 1. The first-order chi connectivity index (χ1) is 14.9. The van der Waals surface area contributed by atoms with Crippen LogP contribution in [0.3, 0.4) is 0 Å². The Balaban J connectivity index is 1.77. The van der Waals surface area contributed by atoms with Gasteiger partial charge in [0.05, 0.1) is 11.2 Å². The van der Waals surface area contributed by atoms with Crippen molar-refractivity contribution in [1.29, 1.82) is 0 Å². The van der Waals surface area contributed by atoms with E-state index in [4.69, 9.17) is 4.42 Å². The molecule has 1 aromatic carbocycles. The summed E-state index contributed by atoms with van der Waals surface area (Å²) in [6.07, 6.45) is 2.01. The summed E-state index contributed by atoms with van der Waals surface area (Å²) in [5, 5.41) is 18.1. The summed E-state index contributed by atoms with van der Waals surface area (Å²) in [7, 11) is 0. The number of hydrogen-bond donors (Lipinski definition) is 2. The monoisotopic (exact) mass is 420 g/mol. The molecule has 11 heteroatoms. The maximum Gasteiger partial charge on any atom is 0.270 e. The van der Waals surface area contributed by atoms with Crippen LogP contribution in [-0.4, -0.2) is 30.6 Å². The molecule has 3 aromatic heterocycles. The molecule has 0 unspecified atom stereocenters. The van der Waals surface area contributed by atoms with Gasteiger partial charge in [-0.05, 0) is 24.6 Å². The molecule has 3 heterocycles. The molecule has 156 valence electrons. The molecule has 0 aliphatic rings. The number of carbonyl (C=O) groups excluding carboxylic acids is 1. The molecule has 1 amide bonds. The normalized spacial score (nSPS) is 10.7. The fourth-order valence-electron chi connectivity index (χ4n) is 2.90. The molecule has 0 atom stereocenters. The van der Waals surface area contributed by atoms with Gasteiger partial charge in [0.15, 0.2) is 5.76 Å². The molecule has 4 aromatic rings. The van der Waals surface area contributed by atoms with Crippen molar-refractivity contribution in [1.82, 2.24) is 19.7 Å². The van der Waals surface area contributed by atoms with Gasteiger partial charge in [-0.2, -0.15) is 9.78 Å². The van der Waals surface area contributed by atoms with Gasteiger partial charge in [0, 0.05) is 35.5 Å². The first-order valence-corrected chi connectivity index (χ1v) is 9.25. The lowest BCUT2D eigenvalue weighted by Crippen LogP contribution is -2.19. The van der Waals surface area contributed by atoms with E-state index in [1.807, 2.05) is 6.92 Å². The predicted molar refractivity (Wildman–Crippen MR) is 110 cm³/mol. The molecule has 0 saturated carbocycles. The van der Waals surface area contributed by atoms with Crippen molar-refractivity contribution in [2.45, 2.75) is 13.3 Å². The zero-order valence-corrected chi connectivity index (χ0v) is 16.2. The summed E-state index contributed by atoms with van der Waals surface area (Å²) in [4.78, 5) is 42.2. The fourth-order valence-corrected chi connectivity index (χ4v) is 2.90. The first kappa shape index (κ1) is 19.8. The molecule has 0 bridgehead atoms. The van der Waals surface area contributed by atoms with Crippen LogP contribution in [0, 0.1) is 10.1 Å². The highest BCUT2D eigenvalue weighted by atomic mass is 16.6. The lowest BCUT2D eigenvalue weighted by Gasteiger charge is -2.09. The first-order valence-electron chi connectivity index (χ1n) is 9.25. The van der Waals surface area contributed by atoms with Crippen LogP contribution in [0.5, 0.6) is 0 Å². The maximum atomic E-state index is 12.8. The van der Waals surface area contributed by atoms with E-state index in [1.54, 1.807) is 18.2 Å². The minimum absolute atomic E-state index is 0.0882. The average molecular weight is 420 g/mol. The molecule has 0 spiro atoms. The number of aromatic nitrogens is 4.